The maximum atomic E-state index is 13.2. The Labute approximate surface area is 92.6 Å². The van der Waals surface area contributed by atoms with Gasteiger partial charge in [0.25, 0.3) is 0 Å². The summed E-state index contributed by atoms with van der Waals surface area (Å²) in [6.45, 7) is -0.783. The highest BCUT2D eigenvalue weighted by molar-refractivity contribution is 6.16. The van der Waals surface area contributed by atoms with Gasteiger partial charge in [-0.05, 0) is 12.1 Å². The van der Waals surface area contributed by atoms with Crippen LogP contribution in [0.25, 0.3) is 0 Å². The van der Waals surface area contributed by atoms with Gasteiger partial charge in [0.2, 0.25) is 0 Å². The second kappa shape index (κ2) is 3.54. The molecule has 1 aromatic rings. The van der Waals surface area contributed by atoms with Crippen molar-refractivity contribution in [3.05, 3.63) is 29.6 Å². The molecule has 0 atom stereocenters. The predicted octanol–water partition coefficient (Wildman–Crippen LogP) is 1.92. The van der Waals surface area contributed by atoms with Gasteiger partial charge >= 0.3 is 12.1 Å². The number of benzene rings is 1. The third-order valence-electron chi connectivity index (χ3n) is 2.35. The second-order valence-corrected chi connectivity index (χ2v) is 3.45. The van der Waals surface area contributed by atoms with Crippen LogP contribution < -0.4 is 4.90 Å². The summed E-state index contributed by atoms with van der Waals surface area (Å²) in [5, 5.41) is 0. The Morgan fingerprint density at radius 3 is 2.53 bits per heavy atom. The highest BCUT2D eigenvalue weighted by Gasteiger charge is 2.46. The first-order chi connectivity index (χ1) is 7.82. The molecule has 0 aliphatic carbocycles. The van der Waals surface area contributed by atoms with Crippen LogP contribution in [-0.2, 0) is 4.79 Å². The van der Waals surface area contributed by atoms with E-state index in [1.165, 1.54) is 0 Å². The van der Waals surface area contributed by atoms with E-state index in [2.05, 4.69) is 0 Å². The zero-order valence-corrected chi connectivity index (χ0v) is 8.21. The van der Waals surface area contributed by atoms with Gasteiger partial charge in [0.05, 0.1) is 17.8 Å². The van der Waals surface area contributed by atoms with E-state index in [0.29, 0.717) is 0 Å². The highest BCUT2D eigenvalue weighted by Crippen LogP contribution is 2.33. The minimum Gasteiger partial charge on any atom is -0.296 e. The van der Waals surface area contributed by atoms with Crippen LogP contribution in [0, 0.1) is 5.82 Å². The molecule has 0 radical (unpaired) electrons. The molecule has 0 unspecified atom stereocenters. The summed E-state index contributed by atoms with van der Waals surface area (Å²) in [6, 6.07) is 3.20. The van der Waals surface area contributed by atoms with E-state index in [1.807, 2.05) is 0 Å². The standard InChI is InChI=1S/C10H5F4NO2/c11-5-2-1-3-6-8(5)7(16)4-15(6)9(17)10(12,13)14/h1-3H,4H2. The molecule has 0 spiro atoms. The summed E-state index contributed by atoms with van der Waals surface area (Å²) >= 11 is 0. The number of carbonyl (C=O) groups excluding carboxylic acids is 2. The Balaban J connectivity index is 2.49. The number of fused-ring (bicyclic) bond motifs is 1. The van der Waals surface area contributed by atoms with Crippen LogP contribution in [0.3, 0.4) is 0 Å². The van der Waals surface area contributed by atoms with Gasteiger partial charge in [-0.1, -0.05) is 6.07 Å². The quantitative estimate of drug-likeness (QED) is 0.657. The number of anilines is 1. The lowest BCUT2D eigenvalue weighted by Gasteiger charge is -2.17. The Morgan fingerprint density at radius 2 is 1.94 bits per heavy atom. The summed E-state index contributed by atoms with van der Waals surface area (Å²) in [5.74, 6) is -3.93. The number of amides is 1. The van der Waals surface area contributed by atoms with Gasteiger partial charge < -0.3 is 0 Å². The van der Waals surface area contributed by atoms with E-state index >= 15 is 0 Å². The third-order valence-corrected chi connectivity index (χ3v) is 2.35. The van der Waals surface area contributed by atoms with Crippen molar-refractivity contribution in [2.45, 2.75) is 6.18 Å². The Morgan fingerprint density at radius 1 is 1.29 bits per heavy atom. The van der Waals surface area contributed by atoms with Gasteiger partial charge in [-0.2, -0.15) is 13.2 Å². The maximum absolute atomic E-state index is 13.2. The van der Waals surface area contributed by atoms with Crippen molar-refractivity contribution < 1.29 is 27.2 Å². The average molecular weight is 247 g/mol. The molecular formula is C10H5F4NO2. The van der Waals surface area contributed by atoms with Crippen molar-refractivity contribution in [2.24, 2.45) is 0 Å². The van der Waals surface area contributed by atoms with Gasteiger partial charge in [0.1, 0.15) is 5.82 Å². The summed E-state index contributed by atoms with van der Waals surface area (Å²) in [6.07, 6.45) is -5.09. The normalized spacial score (nSPS) is 15.1. The lowest BCUT2D eigenvalue weighted by Crippen LogP contribution is -2.40. The average Bonchev–Trinajstić information content (AvgIpc) is 2.55. The SMILES string of the molecule is O=C1CN(C(=O)C(F)(F)F)c2cccc(F)c21. The first-order valence-corrected chi connectivity index (χ1v) is 4.53. The highest BCUT2D eigenvalue weighted by atomic mass is 19.4. The third kappa shape index (κ3) is 1.77. The number of rotatable bonds is 0. The van der Waals surface area contributed by atoms with E-state index < -0.39 is 35.8 Å². The second-order valence-electron chi connectivity index (χ2n) is 3.45. The van der Waals surface area contributed by atoms with Crippen LogP contribution in [-0.4, -0.2) is 24.4 Å². The summed E-state index contributed by atoms with van der Waals surface area (Å²) in [7, 11) is 0. The summed E-state index contributed by atoms with van der Waals surface area (Å²) in [4.78, 5) is 22.6. The van der Waals surface area contributed by atoms with E-state index in [9.17, 15) is 27.2 Å². The molecule has 0 aromatic heterocycles. The Bertz CT molecular complexity index is 510. The zero-order chi connectivity index (χ0) is 12.8. The Kier molecular flexibility index (Phi) is 2.41. The van der Waals surface area contributed by atoms with Gasteiger partial charge in [0, 0.05) is 0 Å². The number of halogens is 4. The van der Waals surface area contributed by atoms with Crippen molar-refractivity contribution in [3.8, 4) is 0 Å². The van der Waals surface area contributed by atoms with Crippen molar-refractivity contribution in [2.75, 3.05) is 11.4 Å². The van der Waals surface area contributed by atoms with E-state index in [0.717, 1.165) is 18.2 Å². The predicted molar refractivity (Wildman–Crippen MR) is 49.1 cm³/mol. The van der Waals surface area contributed by atoms with Gasteiger partial charge in [-0.25, -0.2) is 4.39 Å². The molecular weight excluding hydrogens is 242 g/mol. The minimum atomic E-state index is -5.09. The molecule has 3 nitrogen and oxygen atoms in total. The van der Waals surface area contributed by atoms with Crippen LogP contribution in [0.15, 0.2) is 18.2 Å². The van der Waals surface area contributed by atoms with E-state index in [-0.39, 0.29) is 10.6 Å². The molecule has 0 saturated carbocycles. The number of Topliss-reactive ketones (excluding diaryl/α,β-unsaturated/α-hetero) is 1. The molecule has 0 bridgehead atoms. The monoisotopic (exact) mass is 247 g/mol. The van der Waals surface area contributed by atoms with Crippen LogP contribution in [0.1, 0.15) is 10.4 Å². The smallest absolute Gasteiger partial charge is 0.296 e. The van der Waals surface area contributed by atoms with Crippen molar-refractivity contribution >= 4 is 17.4 Å². The number of carbonyl (C=O) groups is 2. The topological polar surface area (TPSA) is 37.4 Å². The lowest BCUT2D eigenvalue weighted by atomic mass is 10.1. The largest absolute Gasteiger partial charge is 0.471 e. The number of hydrogen-bond donors (Lipinski definition) is 0. The fourth-order valence-corrected chi connectivity index (χ4v) is 1.66. The fraction of sp³-hybridized carbons (Fsp3) is 0.200. The lowest BCUT2D eigenvalue weighted by molar-refractivity contribution is -0.170. The molecule has 90 valence electrons. The van der Waals surface area contributed by atoms with Gasteiger partial charge in [0.15, 0.2) is 5.78 Å². The molecule has 0 saturated heterocycles. The number of nitrogens with zero attached hydrogens (tertiary/aromatic N) is 1. The maximum Gasteiger partial charge on any atom is 0.471 e. The zero-order valence-electron chi connectivity index (χ0n) is 8.21. The van der Waals surface area contributed by atoms with E-state index in [4.69, 9.17) is 0 Å². The van der Waals surface area contributed by atoms with Crippen molar-refractivity contribution in [1.82, 2.24) is 0 Å². The van der Waals surface area contributed by atoms with E-state index in [1.54, 1.807) is 0 Å². The first kappa shape index (κ1) is 11.6. The van der Waals surface area contributed by atoms with Crippen molar-refractivity contribution in [3.63, 3.8) is 0 Å². The van der Waals surface area contributed by atoms with Gasteiger partial charge in [-0.15, -0.1) is 0 Å². The molecule has 1 aliphatic heterocycles. The van der Waals surface area contributed by atoms with Crippen molar-refractivity contribution in [1.29, 1.82) is 0 Å². The summed E-state index contributed by atoms with van der Waals surface area (Å²) < 4.78 is 49.9. The van der Waals surface area contributed by atoms with Crippen LogP contribution in [0.5, 0.6) is 0 Å². The summed E-state index contributed by atoms with van der Waals surface area (Å²) in [5.41, 5.74) is -0.803. The number of alkyl halides is 3. The molecule has 1 amide bonds. The van der Waals surface area contributed by atoms with Crippen LogP contribution in [0.2, 0.25) is 0 Å². The molecule has 7 heteroatoms. The molecule has 2 rings (SSSR count). The molecule has 1 aromatic carbocycles. The fourth-order valence-electron chi connectivity index (χ4n) is 1.66. The molecule has 1 aliphatic rings. The van der Waals surface area contributed by atoms with Gasteiger partial charge in [-0.3, -0.25) is 14.5 Å². The Hall–Kier alpha value is -1.92. The molecule has 0 fully saturated rings. The minimum absolute atomic E-state index is 0.237. The number of hydrogen-bond acceptors (Lipinski definition) is 2. The van der Waals surface area contributed by atoms with Crippen LogP contribution >= 0.6 is 0 Å². The molecule has 1 heterocycles. The first-order valence-electron chi connectivity index (χ1n) is 4.53. The molecule has 17 heavy (non-hydrogen) atoms. The molecule has 0 N–H and O–H groups in total. The number of ketones is 1. The van der Waals surface area contributed by atoms with Crippen LogP contribution in [0.4, 0.5) is 23.2 Å².